The van der Waals surface area contributed by atoms with Gasteiger partial charge in [0.05, 0.1) is 5.69 Å². The number of nitrogens with zero attached hydrogens (tertiary/aromatic N) is 4. The fourth-order valence-electron chi connectivity index (χ4n) is 2.26. The number of hydrogen-bond acceptors (Lipinski definition) is 4. The van der Waals surface area contributed by atoms with Crippen LogP contribution < -0.4 is 5.32 Å². The smallest absolute Gasteiger partial charge is 0.251 e. The van der Waals surface area contributed by atoms with Gasteiger partial charge in [0.25, 0.3) is 5.91 Å². The van der Waals surface area contributed by atoms with Gasteiger partial charge in [0.15, 0.2) is 5.65 Å². The van der Waals surface area contributed by atoms with Crippen LogP contribution in [0.4, 0.5) is 0 Å². The molecule has 0 bridgehead atoms. The fourth-order valence-corrected chi connectivity index (χ4v) is 2.26. The van der Waals surface area contributed by atoms with Crippen molar-refractivity contribution in [2.75, 3.05) is 6.54 Å². The molecule has 0 aromatic carbocycles. The van der Waals surface area contributed by atoms with E-state index in [1.807, 2.05) is 25.4 Å². The van der Waals surface area contributed by atoms with Crippen LogP contribution in [-0.4, -0.2) is 32.0 Å². The van der Waals surface area contributed by atoms with Gasteiger partial charge < -0.3 is 5.32 Å². The van der Waals surface area contributed by atoms with Gasteiger partial charge in [-0.1, -0.05) is 0 Å². The number of rotatable bonds is 5. The lowest BCUT2D eigenvalue weighted by atomic mass is 10.2. The molecule has 0 radical (unpaired) electrons. The Balaban J connectivity index is 1.51. The van der Waals surface area contributed by atoms with Crippen LogP contribution in [0.2, 0.25) is 0 Å². The standard InChI is InChI=1S/C16H17N5O/c1-12-9-15-19-10-13(11-21(15)20-12)3-2-6-18-16(22)14-4-7-17-8-5-14/h4-5,7-11H,2-3,6H2,1H3,(H,18,22). The number of aromatic nitrogens is 4. The third-order valence-electron chi connectivity index (χ3n) is 3.36. The van der Waals surface area contributed by atoms with Crippen molar-refractivity contribution in [2.24, 2.45) is 0 Å². The minimum Gasteiger partial charge on any atom is -0.352 e. The molecule has 0 aliphatic carbocycles. The second-order valence-electron chi connectivity index (χ2n) is 5.15. The summed E-state index contributed by atoms with van der Waals surface area (Å²) < 4.78 is 1.79. The van der Waals surface area contributed by atoms with Crippen LogP contribution >= 0.6 is 0 Å². The van der Waals surface area contributed by atoms with Crippen molar-refractivity contribution < 1.29 is 4.79 Å². The molecule has 0 fully saturated rings. The average Bonchev–Trinajstić information content (AvgIpc) is 2.91. The first-order valence-electron chi connectivity index (χ1n) is 7.21. The highest BCUT2D eigenvalue weighted by Crippen LogP contribution is 2.06. The van der Waals surface area contributed by atoms with Gasteiger partial charge in [-0.3, -0.25) is 9.78 Å². The van der Waals surface area contributed by atoms with E-state index < -0.39 is 0 Å². The summed E-state index contributed by atoms with van der Waals surface area (Å²) in [5, 5.41) is 7.25. The minimum absolute atomic E-state index is 0.0707. The van der Waals surface area contributed by atoms with Crippen LogP contribution in [0, 0.1) is 6.92 Å². The van der Waals surface area contributed by atoms with Crippen molar-refractivity contribution in [1.29, 1.82) is 0 Å². The fraction of sp³-hybridized carbons (Fsp3) is 0.250. The molecule has 1 amide bonds. The molecule has 0 unspecified atom stereocenters. The third kappa shape index (κ3) is 3.28. The van der Waals surface area contributed by atoms with E-state index in [1.54, 1.807) is 29.0 Å². The topological polar surface area (TPSA) is 72.2 Å². The van der Waals surface area contributed by atoms with E-state index in [4.69, 9.17) is 0 Å². The number of aryl methyl sites for hydroxylation is 2. The lowest BCUT2D eigenvalue weighted by molar-refractivity contribution is 0.0953. The lowest BCUT2D eigenvalue weighted by Gasteiger charge is -2.05. The van der Waals surface area contributed by atoms with Gasteiger partial charge >= 0.3 is 0 Å². The zero-order chi connectivity index (χ0) is 15.4. The second-order valence-corrected chi connectivity index (χ2v) is 5.15. The predicted molar refractivity (Wildman–Crippen MR) is 82.6 cm³/mol. The van der Waals surface area contributed by atoms with Crippen molar-refractivity contribution in [3.63, 3.8) is 0 Å². The van der Waals surface area contributed by atoms with Crippen molar-refractivity contribution in [3.8, 4) is 0 Å². The van der Waals surface area contributed by atoms with E-state index in [2.05, 4.69) is 20.4 Å². The highest BCUT2D eigenvalue weighted by molar-refractivity contribution is 5.93. The monoisotopic (exact) mass is 295 g/mol. The number of hydrogen-bond donors (Lipinski definition) is 1. The molecule has 6 nitrogen and oxygen atoms in total. The molecule has 112 valence electrons. The summed E-state index contributed by atoms with van der Waals surface area (Å²) in [7, 11) is 0. The van der Waals surface area contributed by atoms with Crippen LogP contribution in [0.5, 0.6) is 0 Å². The number of carbonyl (C=O) groups excluding carboxylic acids is 1. The largest absolute Gasteiger partial charge is 0.352 e. The van der Waals surface area contributed by atoms with E-state index in [0.29, 0.717) is 12.1 Å². The van der Waals surface area contributed by atoms with Crippen LogP contribution in [0.15, 0.2) is 43.0 Å². The first-order valence-corrected chi connectivity index (χ1v) is 7.21. The van der Waals surface area contributed by atoms with Gasteiger partial charge in [-0.15, -0.1) is 0 Å². The Hall–Kier alpha value is -2.76. The SMILES string of the molecule is Cc1cc2ncc(CCCNC(=O)c3ccncc3)cn2n1. The molecule has 3 rings (SSSR count). The first kappa shape index (κ1) is 14.2. The summed E-state index contributed by atoms with van der Waals surface area (Å²) in [6.07, 6.45) is 8.77. The minimum atomic E-state index is -0.0707. The van der Waals surface area contributed by atoms with Gasteiger partial charge in [0, 0.05) is 43.0 Å². The molecule has 3 aromatic rings. The van der Waals surface area contributed by atoms with E-state index in [1.165, 1.54) is 0 Å². The van der Waals surface area contributed by atoms with Crippen molar-refractivity contribution >= 4 is 11.6 Å². The summed E-state index contributed by atoms with van der Waals surface area (Å²) in [5.41, 5.74) is 3.54. The van der Waals surface area contributed by atoms with Gasteiger partial charge in [-0.2, -0.15) is 5.10 Å². The number of carbonyl (C=O) groups is 1. The lowest BCUT2D eigenvalue weighted by Crippen LogP contribution is -2.24. The van der Waals surface area contributed by atoms with E-state index in [9.17, 15) is 4.79 Å². The molecule has 0 spiro atoms. The normalized spacial score (nSPS) is 10.8. The van der Waals surface area contributed by atoms with E-state index in [-0.39, 0.29) is 5.91 Å². The first-order chi connectivity index (χ1) is 10.7. The Morgan fingerprint density at radius 3 is 2.95 bits per heavy atom. The molecule has 3 aromatic heterocycles. The molecular weight excluding hydrogens is 278 g/mol. The summed E-state index contributed by atoms with van der Waals surface area (Å²) in [5.74, 6) is -0.0707. The number of amides is 1. The average molecular weight is 295 g/mol. The molecule has 0 saturated heterocycles. The van der Waals surface area contributed by atoms with Crippen LogP contribution in [0.1, 0.15) is 28.0 Å². The molecule has 3 heterocycles. The van der Waals surface area contributed by atoms with Gasteiger partial charge in [-0.05, 0) is 37.5 Å². The predicted octanol–water partition coefficient (Wildman–Crippen LogP) is 1.80. The van der Waals surface area contributed by atoms with Crippen LogP contribution in [-0.2, 0) is 6.42 Å². The maximum Gasteiger partial charge on any atom is 0.251 e. The zero-order valence-corrected chi connectivity index (χ0v) is 12.4. The summed E-state index contributed by atoms with van der Waals surface area (Å²) in [6.45, 7) is 2.57. The van der Waals surface area contributed by atoms with Gasteiger partial charge in [0.2, 0.25) is 0 Å². The maximum absolute atomic E-state index is 11.9. The Kier molecular flexibility index (Phi) is 4.09. The van der Waals surface area contributed by atoms with Gasteiger partial charge in [-0.25, -0.2) is 9.50 Å². The maximum atomic E-state index is 11.9. The quantitative estimate of drug-likeness (QED) is 0.728. The Morgan fingerprint density at radius 2 is 2.14 bits per heavy atom. The number of pyridine rings is 1. The number of nitrogens with one attached hydrogen (secondary N) is 1. The molecule has 0 aliphatic rings. The highest BCUT2D eigenvalue weighted by atomic mass is 16.1. The van der Waals surface area contributed by atoms with E-state index in [0.717, 1.165) is 29.7 Å². The molecular formula is C16H17N5O. The van der Waals surface area contributed by atoms with Gasteiger partial charge in [0.1, 0.15) is 0 Å². The zero-order valence-electron chi connectivity index (χ0n) is 12.4. The molecule has 6 heteroatoms. The van der Waals surface area contributed by atoms with E-state index >= 15 is 0 Å². The Bertz CT molecular complexity index is 782. The third-order valence-corrected chi connectivity index (χ3v) is 3.36. The summed E-state index contributed by atoms with van der Waals surface area (Å²) in [6, 6.07) is 5.35. The second kappa shape index (κ2) is 6.34. The van der Waals surface area contributed by atoms with Crippen molar-refractivity contribution in [1.82, 2.24) is 24.9 Å². The summed E-state index contributed by atoms with van der Waals surface area (Å²) >= 11 is 0. The molecule has 0 saturated carbocycles. The van der Waals surface area contributed by atoms with Crippen molar-refractivity contribution in [2.45, 2.75) is 19.8 Å². The van der Waals surface area contributed by atoms with Crippen molar-refractivity contribution in [3.05, 3.63) is 59.8 Å². The Labute approximate surface area is 128 Å². The molecule has 1 N–H and O–H groups in total. The Morgan fingerprint density at radius 1 is 1.32 bits per heavy atom. The molecule has 22 heavy (non-hydrogen) atoms. The number of fused-ring (bicyclic) bond motifs is 1. The molecule has 0 atom stereocenters. The summed E-state index contributed by atoms with van der Waals surface area (Å²) in [4.78, 5) is 20.1. The highest BCUT2D eigenvalue weighted by Gasteiger charge is 2.04. The van der Waals surface area contributed by atoms with Crippen LogP contribution in [0.3, 0.4) is 0 Å². The molecule has 0 aliphatic heterocycles. The van der Waals surface area contributed by atoms with Crippen LogP contribution in [0.25, 0.3) is 5.65 Å².